The second kappa shape index (κ2) is 29.1. The molecule has 2 N–H and O–H groups in total. The summed E-state index contributed by atoms with van der Waals surface area (Å²) in [6, 6.07) is 29.4. The van der Waals surface area contributed by atoms with Gasteiger partial charge in [0.05, 0.1) is 57.4 Å². The molecule has 5 heterocycles. The van der Waals surface area contributed by atoms with Crippen LogP contribution in [0.3, 0.4) is 0 Å². The summed E-state index contributed by atoms with van der Waals surface area (Å²) in [7, 11) is -0.438. The van der Waals surface area contributed by atoms with Crippen LogP contribution in [0.25, 0.3) is 0 Å². The van der Waals surface area contributed by atoms with E-state index < -0.39 is 37.8 Å². The average molecular weight is 1270 g/mol. The van der Waals surface area contributed by atoms with E-state index in [9.17, 15) is 36.9 Å². The van der Waals surface area contributed by atoms with Crippen LogP contribution >= 0.6 is 21.6 Å². The third kappa shape index (κ3) is 15.7. The van der Waals surface area contributed by atoms with E-state index >= 15 is 0 Å². The number of nitrogens with zero attached hydrogens (tertiary/aromatic N) is 5. The van der Waals surface area contributed by atoms with E-state index in [1.54, 1.807) is 17.0 Å². The van der Waals surface area contributed by atoms with Crippen LogP contribution in [0.15, 0.2) is 108 Å². The van der Waals surface area contributed by atoms with Crippen LogP contribution < -0.4 is 34.2 Å². The number of benzene rings is 5. The van der Waals surface area contributed by atoms with Crippen molar-refractivity contribution in [2.24, 2.45) is 4.99 Å². The summed E-state index contributed by atoms with van der Waals surface area (Å²) >= 11 is 0. The minimum Gasteiger partial charge on any atom is -0.493 e. The number of amides is 5. The van der Waals surface area contributed by atoms with Gasteiger partial charge in [0.25, 0.3) is 33.7 Å². The molecule has 0 bridgehead atoms. The summed E-state index contributed by atoms with van der Waals surface area (Å²) in [5.74, 6) is -0.620. The topological polar surface area (TPSA) is 232 Å². The van der Waals surface area contributed by atoms with Crippen LogP contribution in [0, 0.1) is 6.92 Å². The quantitative estimate of drug-likeness (QED) is 0.0182. The fraction of sp³-hybridized carbons (Fsp3) is 0.424. The Morgan fingerprint density at radius 2 is 1.42 bits per heavy atom. The molecular formula is C66H76N6O14S3. The molecule has 5 aliphatic rings. The molecule has 0 spiro atoms. The molecule has 20 nitrogen and oxygen atoms in total. The maximum Gasteiger partial charge on any atom is 0.276 e. The Balaban J connectivity index is 0.896. The predicted octanol–water partition coefficient (Wildman–Crippen LogP) is 9.08. The Hall–Kier alpha value is -7.25. The Morgan fingerprint density at radius 3 is 2.10 bits per heavy atom. The normalized spacial score (nSPS) is 16.9. The van der Waals surface area contributed by atoms with Gasteiger partial charge < -0.3 is 43.5 Å². The molecular weight excluding hydrogens is 1200 g/mol. The molecule has 1 unspecified atom stereocenters. The van der Waals surface area contributed by atoms with Crippen LogP contribution in [-0.2, 0) is 71.2 Å². The molecule has 472 valence electrons. The predicted molar refractivity (Wildman–Crippen MR) is 345 cm³/mol. The zero-order valence-corrected chi connectivity index (χ0v) is 53.2. The first-order valence-electron chi connectivity index (χ1n) is 30.1. The van der Waals surface area contributed by atoms with E-state index in [4.69, 9.17) is 33.4 Å². The van der Waals surface area contributed by atoms with Crippen LogP contribution in [0.5, 0.6) is 17.2 Å². The highest BCUT2D eigenvalue weighted by Crippen LogP contribution is 2.43. The van der Waals surface area contributed by atoms with Gasteiger partial charge >= 0.3 is 0 Å². The van der Waals surface area contributed by atoms with E-state index in [2.05, 4.69) is 43.1 Å². The maximum absolute atomic E-state index is 14.3. The number of hydrogen-bond donors (Lipinski definition) is 2. The molecule has 0 aromatic heterocycles. The van der Waals surface area contributed by atoms with Crippen LogP contribution in [-0.4, -0.2) is 154 Å². The highest BCUT2D eigenvalue weighted by atomic mass is 33.1. The third-order valence-electron chi connectivity index (χ3n) is 16.1. The number of carbonyl (C=O) groups excluding carboxylic acids is 5. The molecule has 0 saturated carbocycles. The number of anilines is 3. The molecule has 0 aliphatic carbocycles. The van der Waals surface area contributed by atoms with Gasteiger partial charge in [-0.1, -0.05) is 64.9 Å². The van der Waals surface area contributed by atoms with Gasteiger partial charge in [-0.3, -0.25) is 43.3 Å². The van der Waals surface area contributed by atoms with Gasteiger partial charge in [0.2, 0.25) is 5.91 Å². The number of aryl methyl sites for hydroxylation is 2. The Kier molecular flexibility index (Phi) is 21.2. The van der Waals surface area contributed by atoms with E-state index in [-0.39, 0.29) is 62.4 Å². The van der Waals surface area contributed by atoms with E-state index in [1.165, 1.54) is 34.3 Å². The Morgan fingerprint density at radius 1 is 0.775 bits per heavy atom. The third-order valence-corrected chi connectivity index (χ3v) is 20.6. The molecule has 5 aromatic carbocycles. The lowest BCUT2D eigenvalue weighted by Gasteiger charge is -2.34. The molecule has 5 aromatic rings. The van der Waals surface area contributed by atoms with Gasteiger partial charge in [-0.05, 0) is 135 Å². The monoisotopic (exact) mass is 1270 g/mol. The molecule has 3 atom stereocenters. The standard InChI is InChI=1S/C66H76N6O14S3/c1-6-23-82-25-27-84-28-26-83-24-22-69(42-66(3,4)88-87-29-19-60(89(78,79)80)63(75)67-20-21-70-61(73)17-18-62(70)74)50-32-44(40-85-57-36-46-15-16-49-34-47-11-7-9-13-55(47)71(49)64(76)52(46)30-43(57)2)31-45(33-50)41-86-59-38-54-53(37-58(59)81-5)65(77)72-51(39-68-54)35-48-12-8-10-14-56(48)72/h7-14,17-18,30-33,36-39,49,51,60H,6,15-16,19-29,34-35,40-42H2,1-5H3,(H,67,75)(H,78,79,80)/t49-,51+,60?/m1/s1. The Labute approximate surface area is 527 Å². The lowest BCUT2D eigenvalue weighted by molar-refractivity contribution is -0.137. The van der Waals surface area contributed by atoms with Crippen LogP contribution in [0.4, 0.5) is 22.7 Å². The van der Waals surface area contributed by atoms with Crippen molar-refractivity contribution in [2.45, 2.75) is 102 Å². The van der Waals surface area contributed by atoms with Crippen molar-refractivity contribution in [3.8, 4) is 17.2 Å². The largest absolute Gasteiger partial charge is 0.493 e. The number of aliphatic imine (C=N–C) groups is 1. The molecule has 0 saturated heterocycles. The fourth-order valence-corrected chi connectivity index (χ4v) is 15.3. The number of ether oxygens (including phenoxy) is 6. The van der Waals surface area contributed by atoms with Gasteiger partial charge in [-0.25, -0.2) is 0 Å². The lowest BCUT2D eigenvalue weighted by atomic mass is 9.98. The summed E-state index contributed by atoms with van der Waals surface area (Å²) in [4.78, 5) is 77.5. The van der Waals surface area contributed by atoms with Crippen molar-refractivity contribution in [3.63, 3.8) is 0 Å². The molecule has 0 fully saturated rings. The molecule has 10 rings (SSSR count). The number of rotatable bonds is 31. The van der Waals surface area contributed by atoms with Crippen LogP contribution in [0.1, 0.15) is 94.1 Å². The smallest absolute Gasteiger partial charge is 0.276 e. The minimum atomic E-state index is -4.83. The van der Waals surface area contributed by atoms with Gasteiger partial charge in [0.1, 0.15) is 19.0 Å². The lowest BCUT2D eigenvalue weighted by Crippen LogP contribution is -2.44. The summed E-state index contributed by atoms with van der Waals surface area (Å²) < 4.78 is 71.6. The van der Waals surface area contributed by atoms with Crippen LogP contribution in [0.2, 0.25) is 0 Å². The highest BCUT2D eigenvalue weighted by molar-refractivity contribution is 8.77. The number of fused-ring (bicyclic) bond motifs is 8. The fourth-order valence-electron chi connectivity index (χ4n) is 11.8. The van der Waals surface area contributed by atoms with Crippen molar-refractivity contribution in [2.75, 3.05) is 93.4 Å². The highest BCUT2D eigenvalue weighted by Gasteiger charge is 2.39. The second-order valence-electron chi connectivity index (χ2n) is 23.1. The molecule has 5 aliphatic heterocycles. The molecule has 5 amide bonds. The molecule has 89 heavy (non-hydrogen) atoms. The number of nitrogens with one attached hydrogen (secondary N) is 1. The molecule has 23 heteroatoms. The number of methoxy groups -OCH3 is 1. The van der Waals surface area contributed by atoms with E-state index in [0.29, 0.717) is 99.6 Å². The van der Waals surface area contributed by atoms with Crippen molar-refractivity contribution in [1.29, 1.82) is 0 Å². The van der Waals surface area contributed by atoms with Crippen molar-refractivity contribution < 1.29 is 65.4 Å². The summed E-state index contributed by atoms with van der Waals surface area (Å²) in [5.41, 5.74) is 9.82. The summed E-state index contributed by atoms with van der Waals surface area (Å²) in [6.45, 7) is 11.5. The average Bonchev–Trinajstić information content (AvgIpc) is 1.66. The van der Waals surface area contributed by atoms with E-state index in [0.717, 1.165) is 81.2 Å². The van der Waals surface area contributed by atoms with Gasteiger partial charge in [0.15, 0.2) is 16.7 Å². The van der Waals surface area contributed by atoms with E-state index in [1.807, 2.05) is 84.8 Å². The summed E-state index contributed by atoms with van der Waals surface area (Å²) in [6.07, 6.45) is 7.75. The Bertz CT molecular complexity index is 3620. The number of hydrogen-bond acceptors (Lipinski definition) is 17. The maximum atomic E-state index is 14.3. The number of carbonyl (C=O) groups is 5. The minimum absolute atomic E-state index is 0.00399. The number of imide groups is 1. The van der Waals surface area contributed by atoms with Crippen molar-refractivity contribution >= 4 is 90.2 Å². The molecule has 0 radical (unpaired) electrons. The van der Waals surface area contributed by atoms with Crippen molar-refractivity contribution in [1.82, 2.24) is 10.2 Å². The first kappa shape index (κ1) is 64.7. The first-order valence-corrected chi connectivity index (χ1v) is 33.9. The zero-order valence-electron chi connectivity index (χ0n) is 50.8. The zero-order chi connectivity index (χ0) is 62.8. The summed E-state index contributed by atoms with van der Waals surface area (Å²) in [5, 5.41) is 0.673. The number of para-hydroxylation sites is 2. The van der Waals surface area contributed by atoms with Crippen molar-refractivity contribution in [3.05, 3.63) is 148 Å². The van der Waals surface area contributed by atoms with Gasteiger partial charge in [-0.15, -0.1) is 0 Å². The first-order chi connectivity index (χ1) is 42.9. The second-order valence-corrected chi connectivity index (χ2v) is 27.8. The SMILES string of the molecule is CCCOCCOCCOCCN(CC(C)(C)SSCCC(C(=O)NCCN1C(=O)C=CC1=O)S(=O)(=O)O)c1cc(COc2cc3c(cc2C)C(=O)N2c4ccccc4C[C@H]2CC3)cc(COc2cc3c(cc2OC)C(=O)N2c4ccccc4C[C@H]2C=N3)c1. The van der Waals surface area contributed by atoms with Gasteiger partial charge in [-0.2, -0.15) is 8.42 Å². The van der Waals surface area contributed by atoms with Gasteiger partial charge in [0, 0.05) is 103 Å².